The average Bonchev–Trinajstić information content (AvgIpc) is 3.19. The van der Waals surface area contributed by atoms with E-state index in [9.17, 15) is 18.8 Å². The molecule has 0 bridgehead atoms. The number of halogens is 1. The second-order valence-corrected chi connectivity index (χ2v) is 10.5. The molecule has 2 aromatic carbocycles. The third-order valence-corrected chi connectivity index (χ3v) is 8.19. The predicted molar refractivity (Wildman–Crippen MR) is 133 cm³/mol. The average molecular weight is 491 g/mol. The van der Waals surface area contributed by atoms with Gasteiger partial charge in [-0.05, 0) is 73.1 Å². The Kier molecular flexibility index (Phi) is 5.99. The number of nitrogens with one attached hydrogen (secondary N) is 1. The molecule has 2 aromatic rings. The quantitative estimate of drug-likeness (QED) is 0.668. The molecule has 0 radical (unpaired) electrons. The third kappa shape index (κ3) is 4.28. The van der Waals surface area contributed by atoms with Gasteiger partial charge in [-0.15, -0.1) is 0 Å². The van der Waals surface area contributed by atoms with Crippen LogP contribution in [0, 0.1) is 5.82 Å². The number of aryl methyl sites for hydroxylation is 1. The lowest BCUT2D eigenvalue weighted by Crippen LogP contribution is -2.52. The number of imide groups is 1. The molecule has 1 atom stereocenters. The van der Waals surface area contributed by atoms with Crippen molar-refractivity contribution in [1.82, 2.24) is 15.1 Å². The van der Waals surface area contributed by atoms with Crippen LogP contribution in [-0.4, -0.2) is 59.2 Å². The fraction of sp³-hybridized carbons (Fsp3) is 0.464. The van der Waals surface area contributed by atoms with E-state index in [1.165, 1.54) is 11.3 Å². The van der Waals surface area contributed by atoms with E-state index < -0.39 is 6.04 Å². The van der Waals surface area contributed by atoms with Crippen molar-refractivity contribution >= 4 is 23.4 Å². The lowest BCUT2D eigenvalue weighted by atomic mass is 9.95. The second kappa shape index (κ2) is 9.32. The number of likely N-dealkylation sites (tertiary alicyclic amines) is 1. The number of nitrogens with zero attached hydrogens (tertiary/aromatic N) is 3. The minimum absolute atomic E-state index is 0.131. The van der Waals surface area contributed by atoms with Gasteiger partial charge in [0.25, 0.3) is 5.91 Å². The Hall–Kier alpha value is -3.26. The van der Waals surface area contributed by atoms with Gasteiger partial charge in [-0.25, -0.2) is 4.39 Å². The molecule has 0 aliphatic carbocycles. The Morgan fingerprint density at radius 3 is 2.53 bits per heavy atom. The molecule has 8 heteroatoms. The normalized spacial score (nSPS) is 23.0. The van der Waals surface area contributed by atoms with E-state index >= 15 is 0 Å². The van der Waals surface area contributed by atoms with Crippen LogP contribution in [-0.2, 0) is 29.1 Å². The van der Waals surface area contributed by atoms with E-state index in [0.717, 1.165) is 63.0 Å². The molecular weight excluding hydrogens is 459 g/mol. The molecule has 0 aromatic heterocycles. The summed E-state index contributed by atoms with van der Waals surface area (Å²) in [6.07, 6.45) is 4.80. The highest BCUT2D eigenvalue weighted by molar-refractivity contribution is 6.05. The number of hydrogen-bond donors (Lipinski definition) is 1. The van der Waals surface area contributed by atoms with Gasteiger partial charge in [0, 0.05) is 56.4 Å². The standard InChI is InChI=1S/C28H31FN4O3/c29-21-4-6-24-19(15-21)2-1-11-32(24)22-9-12-31(13-10-22)16-18-3-5-23-20(14-18)17-33(28(23)36)25-7-8-26(34)30-27(25)35/h3-6,14-15,22,25H,1-2,7-13,16-17H2,(H,30,34,35). The lowest BCUT2D eigenvalue weighted by molar-refractivity contribution is -0.136. The smallest absolute Gasteiger partial charge is 0.255 e. The summed E-state index contributed by atoms with van der Waals surface area (Å²) in [5.74, 6) is -0.933. The maximum absolute atomic E-state index is 13.7. The zero-order valence-corrected chi connectivity index (χ0v) is 20.3. The molecular formula is C28H31FN4O3. The fourth-order valence-corrected chi connectivity index (χ4v) is 6.35. The Balaban J connectivity index is 1.08. The number of fused-ring (bicyclic) bond motifs is 2. The van der Waals surface area contributed by atoms with E-state index in [1.807, 2.05) is 18.2 Å². The molecule has 36 heavy (non-hydrogen) atoms. The summed E-state index contributed by atoms with van der Waals surface area (Å²) >= 11 is 0. The van der Waals surface area contributed by atoms with Crippen molar-refractivity contribution < 1.29 is 18.8 Å². The molecule has 7 nitrogen and oxygen atoms in total. The molecule has 188 valence electrons. The van der Waals surface area contributed by atoms with Crippen molar-refractivity contribution in [1.29, 1.82) is 0 Å². The highest BCUT2D eigenvalue weighted by atomic mass is 19.1. The van der Waals surface area contributed by atoms with Crippen molar-refractivity contribution in [3.05, 3.63) is 64.5 Å². The molecule has 0 spiro atoms. The molecule has 1 unspecified atom stereocenters. The maximum atomic E-state index is 13.7. The van der Waals surface area contributed by atoms with Crippen LogP contribution in [0.4, 0.5) is 10.1 Å². The molecule has 2 saturated heterocycles. The van der Waals surface area contributed by atoms with Crippen LogP contribution in [0.3, 0.4) is 0 Å². The SMILES string of the molecule is O=C1CCC(N2Cc3cc(CN4CCC(N5CCCc6cc(F)ccc65)CC4)ccc3C2=O)C(=O)N1. The summed E-state index contributed by atoms with van der Waals surface area (Å²) in [7, 11) is 0. The first-order valence-electron chi connectivity index (χ1n) is 13.0. The second-order valence-electron chi connectivity index (χ2n) is 10.5. The largest absolute Gasteiger partial charge is 0.368 e. The van der Waals surface area contributed by atoms with Crippen LogP contribution in [0.2, 0.25) is 0 Å². The maximum Gasteiger partial charge on any atom is 0.255 e. The van der Waals surface area contributed by atoms with E-state index in [4.69, 9.17) is 0 Å². The highest BCUT2D eigenvalue weighted by Crippen LogP contribution is 2.33. The zero-order valence-electron chi connectivity index (χ0n) is 20.3. The summed E-state index contributed by atoms with van der Waals surface area (Å²) in [5, 5.41) is 2.36. The number of anilines is 1. The van der Waals surface area contributed by atoms with Crippen LogP contribution >= 0.6 is 0 Å². The van der Waals surface area contributed by atoms with Crippen LogP contribution in [0.1, 0.15) is 59.2 Å². The summed E-state index contributed by atoms with van der Waals surface area (Å²) < 4.78 is 13.7. The Morgan fingerprint density at radius 1 is 0.889 bits per heavy atom. The predicted octanol–water partition coefficient (Wildman–Crippen LogP) is 3.00. The molecule has 6 rings (SSSR count). The molecule has 2 fully saturated rings. The van der Waals surface area contributed by atoms with Gasteiger partial charge in [-0.2, -0.15) is 0 Å². The number of rotatable bonds is 4. The Morgan fingerprint density at radius 2 is 1.72 bits per heavy atom. The first kappa shape index (κ1) is 23.2. The van der Waals surface area contributed by atoms with Gasteiger partial charge in [0.05, 0.1) is 0 Å². The van der Waals surface area contributed by atoms with Crippen LogP contribution < -0.4 is 10.2 Å². The molecule has 4 heterocycles. The van der Waals surface area contributed by atoms with Gasteiger partial charge in [0.1, 0.15) is 11.9 Å². The number of carbonyl (C=O) groups is 3. The van der Waals surface area contributed by atoms with Gasteiger partial charge in [0.15, 0.2) is 0 Å². The third-order valence-electron chi connectivity index (χ3n) is 8.19. The van der Waals surface area contributed by atoms with E-state index in [0.29, 0.717) is 24.6 Å². The number of hydrogen-bond acceptors (Lipinski definition) is 5. The molecule has 4 aliphatic rings. The van der Waals surface area contributed by atoms with Crippen molar-refractivity contribution in [2.45, 2.75) is 63.7 Å². The van der Waals surface area contributed by atoms with Crippen LogP contribution in [0.25, 0.3) is 0 Å². The van der Waals surface area contributed by atoms with Crippen LogP contribution in [0.5, 0.6) is 0 Å². The summed E-state index contributed by atoms with van der Waals surface area (Å²) in [4.78, 5) is 43.3. The molecule has 0 saturated carbocycles. The monoisotopic (exact) mass is 490 g/mol. The van der Waals surface area contributed by atoms with Gasteiger partial charge >= 0.3 is 0 Å². The van der Waals surface area contributed by atoms with Crippen molar-refractivity contribution in [3.63, 3.8) is 0 Å². The van der Waals surface area contributed by atoms with E-state index in [1.54, 1.807) is 17.0 Å². The first-order valence-corrected chi connectivity index (χ1v) is 13.0. The van der Waals surface area contributed by atoms with E-state index in [2.05, 4.69) is 21.2 Å². The summed E-state index contributed by atoms with van der Waals surface area (Å²) in [6, 6.07) is 11.1. The molecule has 1 N–H and O–H groups in total. The topological polar surface area (TPSA) is 73.0 Å². The minimum atomic E-state index is -0.582. The number of amides is 3. The van der Waals surface area contributed by atoms with Crippen LogP contribution in [0.15, 0.2) is 36.4 Å². The van der Waals surface area contributed by atoms with Gasteiger partial charge < -0.3 is 9.80 Å². The molecule has 4 aliphatic heterocycles. The molecule has 3 amide bonds. The van der Waals surface area contributed by atoms with Crippen molar-refractivity contribution in [3.8, 4) is 0 Å². The van der Waals surface area contributed by atoms with Crippen molar-refractivity contribution in [2.75, 3.05) is 24.5 Å². The highest BCUT2D eigenvalue weighted by Gasteiger charge is 2.39. The van der Waals surface area contributed by atoms with E-state index in [-0.39, 0.29) is 30.0 Å². The first-order chi connectivity index (χ1) is 17.5. The number of carbonyl (C=O) groups excluding carboxylic acids is 3. The van der Waals surface area contributed by atoms with Crippen molar-refractivity contribution in [2.24, 2.45) is 0 Å². The summed E-state index contributed by atoms with van der Waals surface area (Å²) in [6.45, 7) is 4.26. The Bertz CT molecular complexity index is 1220. The summed E-state index contributed by atoms with van der Waals surface area (Å²) in [5.41, 5.74) is 5.10. The Labute approximate surface area is 210 Å². The lowest BCUT2D eigenvalue weighted by Gasteiger charge is -2.42. The van der Waals surface area contributed by atoms with Gasteiger partial charge in [-0.1, -0.05) is 12.1 Å². The fourth-order valence-electron chi connectivity index (χ4n) is 6.35. The van der Waals surface area contributed by atoms with Gasteiger partial charge in [-0.3, -0.25) is 24.6 Å². The number of piperidine rings is 2. The number of benzene rings is 2. The van der Waals surface area contributed by atoms with Gasteiger partial charge in [0.2, 0.25) is 11.8 Å². The zero-order chi connectivity index (χ0) is 24.8. The minimum Gasteiger partial charge on any atom is -0.368 e.